The zero-order valence-electron chi connectivity index (χ0n) is 7.13. The molecule has 1 N–H and O–H groups in total. The lowest BCUT2D eigenvalue weighted by molar-refractivity contribution is 0.178. The summed E-state index contributed by atoms with van der Waals surface area (Å²) in [5.74, 6) is 0. The number of halogens is 1. The molecule has 0 aromatic rings. The lowest BCUT2D eigenvalue weighted by Crippen LogP contribution is -2.23. The average Bonchev–Trinajstić information content (AvgIpc) is 1.87. The average molecular weight is 220 g/mol. The molecule has 0 saturated carbocycles. The Balaban J connectivity index is 3.96. The van der Waals surface area contributed by atoms with Gasteiger partial charge >= 0.3 is 0 Å². The maximum absolute atomic E-state index is 9.12. The summed E-state index contributed by atoms with van der Waals surface area (Å²) in [7, 11) is 0. The lowest BCUT2D eigenvalue weighted by Gasteiger charge is -2.20. The van der Waals surface area contributed by atoms with Crippen molar-refractivity contribution in [1.82, 2.24) is 0 Å². The van der Waals surface area contributed by atoms with Gasteiger partial charge in [0.15, 0.2) is 0 Å². The molecular weight excluding hydrogens is 206 g/mol. The molecule has 0 aromatic carbocycles. The summed E-state index contributed by atoms with van der Waals surface area (Å²) in [6, 6.07) is 2.19. The van der Waals surface area contributed by atoms with E-state index in [1.165, 1.54) is 0 Å². The van der Waals surface area contributed by atoms with Gasteiger partial charge in [-0.25, -0.2) is 0 Å². The van der Waals surface area contributed by atoms with Gasteiger partial charge in [0.2, 0.25) is 0 Å². The van der Waals surface area contributed by atoms with Crippen LogP contribution in [0.3, 0.4) is 0 Å². The van der Waals surface area contributed by atoms with E-state index in [0.717, 1.165) is 0 Å². The Hall–Kier alpha value is -0.0700. The zero-order valence-corrected chi connectivity index (χ0v) is 8.72. The third-order valence-corrected chi connectivity index (χ3v) is 2.62. The molecule has 0 aliphatic carbocycles. The SMILES string of the molecule is C[C@@H](O)[C@@H](Br)CC(C)(C)C#N. The van der Waals surface area contributed by atoms with E-state index in [0.29, 0.717) is 6.42 Å². The number of hydrogen-bond acceptors (Lipinski definition) is 2. The van der Waals surface area contributed by atoms with Crippen LogP contribution in [0.1, 0.15) is 27.2 Å². The molecule has 0 amide bonds. The van der Waals surface area contributed by atoms with Crippen molar-refractivity contribution in [1.29, 1.82) is 5.26 Å². The minimum atomic E-state index is -0.400. The highest BCUT2D eigenvalue weighted by atomic mass is 79.9. The van der Waals surface area contributed by atoms with Crippen LogP contribution in [-0.2, 0) is 0 Å². The van der Waals surface area contributed by atoms with E-state index in [4.69, 9.17) is 10.4 Å². The van der Waals surface area contributed by atoms with Crippen LogP contribution in [-0.4, -0.2) is 16.0 Å². The number of aliphatic hydroxyl groups excluding tert-OH is 1. The molecule has 2 atom stereocenters. The Labute approximate surface area is 76.3 Å². The second-order valence-electron chi connectivity index (χ2n) is 3.46. The van der Waals surface area contributed by atoms with Crippen molar-refractivity contribution >= 4 is 15.9 Å². The Morgan fingerprint density at radius 1 is 1.64 bits per heavy atom. The second-order valence-corrected chi connectivity index (χ2v) is 4.63. The molecule has 11 heavy (non-hydrogen) atoms. The summed E-state index contributed by atoms with van der Waals surface area (Å²) < 4.78 is 0. The van der Waals surface area contributed by atoms with Gasteiger partial charge in [0.25, 0.3) is 0 Å². The smallest absolute Gasteiger partial charge is 0.0684 e. The van der Waals surface area contributed by atoms with Crippen LogP contribution in [0.5, 0.6) is 0 Å². The molecule has 0 unspecified atom stereocenters. The molecule has 0 fully saturated rings. The molecule has 0 heterocycles. The standard InChI is InChI=1S/C8H14BrNO/c1-6(11)7(9)4-8(2,3)5-10/h6-7,11H,4H2,1-3H3/t6-,7+/m1/s1. The minimum Gasteiger partial charge on any atom is -0.392 e. The van der Waals surface area contributed by atoms with Crippen molar-refractivity contribution in [2.24, 2.45) is 5.41 Å². The molecule has 64 valence electrons. The van der Waals surface area contributed by atoms with Crippen LogP contribution in [0.2, 0.25) is 0 Å². The van der Waals surface area contributed by atoms with Gasteiger partial charge in [0.1, 0.15) is 0 Å². The van der Waals surface area contributed by atoms with Crippen LogP contribution < -0.4 is 0 Å². The van der Waals surface area contributed by atoms with Gasteiger partial charge in [-0.05, 0) is 27.2 Å². The highest BCUT2D eigenvalue weighted by Crippen LogP contribution is 2.26. The second kappa shape index (κ2) is 4.08. The summed E-state index contributed by atoms with van der Waals surface area (Å²) in [6.45, 7) is 5.44. The predicted octanol–water partition coefficient (Wildman–Crippen LogP) is 2.07. The first-order valence-corrected chi connectivity index (χ1v) is 4.54. The normalized spacial score (nSPS) is 17.1. The van der Waals surface area contributed by atoms with Crippen LogP contribution in [0.15, 0.2) is 0 Å². The van der Waals surface area contributed by atoms with Crippen molar-refractivity contribution in [2.75, 3.05) is 0 Å². The van der Waals surface area contributed by atoms with Gasteiger partial charge in [0, 0.05) is 4.83 Å². The van der Waals surface area contributed by atoms with E-state index in [2.05, 4.69) is 22.0 Å². The quantitative estimate of drug-likeness (QED) is 0.740. The molecule has 0 rings (SSSR count). The van der Waals surface area contributed by atoms with Crippen molar-refractivity contribution in [2.45, 2.75) is 38.1 Å². The first-order chi connectivity index (χ1) is 4.89. The van der Waals surface area contributed by atoms with Crippen LogP contribution >= 0.6 is 15.9 Å². The monoisotopic (exact) mass is 219 g/mol. The number of alkyl halides is 1. The Morgan fingerprint density at radius 3 is 2.36 bits per heavy atom. The van der Waals surface area contributed by atoms with Crippen molar-refractivity contribution in [3.05, 3.63) is 0 Å². The van der Waals surface area contributed by atoms with E-state index < -0.39 is 6.10 Å². The zero-order chi connectivity index (χ0) is 9.07. The first kappa shape index (κ1) is 10.9. The van der Waals surface area contributed by atoms with E-state index >= 15 is 0 Å². The van der Waals surface area contributed by atoms with Crippen LogP contribution in [0, 0.1) is 16.7 Å². The van der Waals surface area contributed by atoms with Gasteiger partial charge in [0.05, 0.1) is 17.6 Å². The van der Waals surface area contributed by atoms with E-state index in [-0.39, 0.29) is 10.2 Å². The maximum Gasteiger partial charge on any atom is 0.0684 e. The fraction of sp³-hybridized carbons (Fsp3) is 0.875. The number of nitriles is 1. The lowest BCUT2D eigenvalue weighted by atomic mass is 9.89. The third kappa shape index (κ3) is 4.39. The number of hydrogen-bond donors (Lipinski definition) is 1. The first-order valence-electron chi connectivity index (χ1n) is 3.62. The van der Waals surface area contributed by atoms with Gasteiger partial charge < -0.3 is 5.11 Å². The molecule has 0 saturated heterocycles. The fourth-order valence-electron chi connectivity index (χ4n) is 0.704. The molecule has 0 aliphatic heterocycles. The number of aliphatic hydroxyl groups is 1. The van der Waals surface area contributed by atoms with Gasteiger partial charge in [-0.1, -0.05) is 15.9 Å². The van der Waals surface area contributed by atoms with Gasteiger partial charge in [-0.3, -0.25) is 0 Å². The highest BCUT2D eigenvalue weighted by Gasteiger charge is 2.23. The number of nitrogens with zero attached hydrogens (tertiary/aromatic N) is 1. The Morgan fingerprint density at radius 2 is 2.09 bits per heavy atom. The number of rotatable bonds is 3. The van der Waals surface area contributed by atoms with E-state index in [9.17, 15) is 0 Å². The third-order valence-electron chi connectivity index (χ3n) is 1.53. The van der Waals surface area contributed by atoms with E-state index in [1.807, 2.05) is 13.8 Å². The Bertz CT molecular complexity index is 160. The minimum absolute atomic E-state index is 0.0112. The molecule has 0 spiro atoms. The molecule has 2 nitrogen and oxygen atoms in total. The molecule has 3 heteroatoms. The van der Waals surface area contributed by atoms with Crippen molar-refractivity contribution < 1.29 is 5.11 Å². The molecule has 0 bridgehead atoms. The summed E-state index contributed by atoms with van der Waals surface area (Å²) >= 11 is 3.32. The predicted molar refractivity (Wildman–Crippen MR) is 48.4 cm³/mol. The van der Waals surface area contributed by atoms with Crippen molar-refractivity contribution in [3.8, 4) is 6.07 Å². The molecule has 0 aliphatic rings. The largest absolute Gasteiger partial charge is 0.392 e. The van der Waals surface area contributed by atoms with Gasteiger partial charge in [-0.15, -0.1) is 0 Å². The Kier molecular flexibility index (Phi) is 4.05. The van der Waals surface area contributed by atoms with Gasteiger partial charge in [-0.2, -0.15) is 5.26 Å². The van der Waals surface area contributed by atoms with Crippen LogP contribution in [0.25, 0.3) is 0 Å². The summed E-state index contributed by atoms with van der Waals surface area (Å²) in [5, 5.41) is 17.8. The fourth-order valence-corrected chi connectivity index (χ4v) is 1.51. The molecule has 0 aromatic heterocycles. The van der Waals surface area contributed by atoms with E-state index in [1.54, 1.807) is 6.92 Å². The summed E-state index contributed by atoms with van der Waals surface area (Å²) in [5.41, 5.74) is -0.356. The summed E-state index contributed by atoms with van der Waals surface area (Å²) in [6.07, 6.45) is 0.267. The topological polar surface area (TPSA) is 44.0 Å². The summed E-state index contributed by atoms with van der Waals surface area (Å²) in [4.78, 5) is 0.0112. The maximum atomic E-state index is 9.12. The molecule has 0 radical (unpaired) electrons. The molecular formula is C8H14BrNO. The van der Waals surface area contributed by atoms with Crippen molar-refractivity contribution in [3.63, 3.8) is 0 Å². The van der Waals surface area contributed by atoms with Crippen LogP contribution in [0.4, 0.5) is 0 Å². The highest BCUT2D eigenvalue weighted by molar-refractivity contribution is 9.09.